The highest BCUT2D eigenvalue weighted by Gasteiger charge is 2.38. The number of guanidine groups is 2. The zero-order valence-corrected chi connectivity index (χ0v) is 70.2. The summed E-state index contributed by atoms with van der Waals surface area (Å²) in [6.45, 7) is 32.5. The van der Waals surface area contributed by atoms with Crippen LogP contribution in [0.1, 0.15) is 244 Å². The number of Topliss-reactive ketones (excluding diaryl/α,β-unsaturated/α-hetero) is 1. The molecule has 0 fully saturated rings. The number of primary amides is 1. The number of ketones is 1. The van der Waals surface area contributed by atoms with Gasteiger partial charge in [-0.2, -0.15) is 0 Å². The maximum absolute atomic E-state index is 15.0. The molecule has 0 unspecified atom stereocenters. The first kappa shape index (κ1) is 94.0. The summed E-state index contributed by atoms with van der Waals surface area (Å²) in [4.78, 5) is 132. The first-order valence-electron chi connectivity index (χ1n) is 38.7. The molecular formula is C77H129N15O16S2. The third kappa shape index (κ3) is 29.4. The van der Waals surface area contributed by atoms with Crippen LogP contribution in [0.15, 0.2) is 19.8 Å². The lowest BCUT2D eigenvalue weighted by atomic mass is 9.88. The van der Waals surface area contributed by atoms with Crippen molar-refractivity contribution >= 4 is 85.2 Å². The molecule has 2 aliphatic rings. The van der Waals surface area contributed by atoms with E-state index >= 15 is 0 Å². The van der Waals surface area contributed by atoms with Crippen LogP contribution in [-0.2, 0) is 76.0 Å². The van der Waals surface area contributed by atoms with E-state index in [9.17, 15) is 60.0 Å². The number of benzene rings is 2. The van der Waals surface area contributed by atoms with Crippen LogP contribution in [0.2, 0.25) is 0 Å². The second kappa shape index (κ2) is 42.3. The van der Waals surface area contributed by atoms with Gasteiger partial charge < -0.3 is 68.6 Å². The number of alkyl carbamates (subject to hydrolysis) is 1. The van der Waals surface area contributed by atoms with E-state index in [0.29, 0.717) is 77.0 Å². The van der Waals surface area contributed by atoms with Gasteiger partial charge in [-0.05, 0) is 230 Å². The number of aliphatic imine (C=N–C) groups is 2. The molecule has 31 nitrogen and oxygen atoms in total. The maximum Gasteiger partial charge on any atom is 0.407 e. The lowest BCUT2D eigenvalue weighted by Gasteiger charge is -2.35. The fourth-order valence-electron chi connectivity index (χ4n) is 13.2. The predicted molar refractivity (Wildman–Crippen MR) is 424 cm³/mol. The number of nitrogens with zero attached hydrogens (tertiary/aromatic N) is 2. The first-order valence-corrected chi connectivity index (χ1v) is 41.7. The highest BCUT2D eigenvalue weighted by Crippen LogP contribution is 2.44. The Kier molecular flexibility index (Phi) is 36.2. The molecule has 2 aliphatic heterocycles. The van der Waals surface area contributed by atoms with Gasteiger partial charge in [0.05, 0.1) is 35.0 Å². The monoisotopic (exact) mass is 1580 g/mol. The maximum atomic E-state index is 15.0. The van der Waals surface area contributed by atoms with Crippen LogP contribution >= 0.6 is 0 Å². The van der Waals surface area contributed by atoms with Crippen LogP contribution in [0.25, 0.3) is 0 Å². The Hall–Kier alpha value is -8.33. The standard InChI is InChI=1S/C77H129N15O16S2/c1-20-21-22-23-24-25-26-34-60(95)86-56(33-30-41-82-73(80)92-110(104,105)66-49(9)47(7)64-54(51(66)11)36-38-77(18,19)107-64)69(98)90-62(45(4)5)71(100)88-57(31-27-28-39-83-74(101)108-75(13,14)15)68(97)87-55(58(93)42-84-52(12)67(96)89-61(44(2)3)70(99)85-43-59(78)94)32-29-40-81-72(79)91-109(102,103)65-48(8)46(6)63-53(50(65)10)35-37-76(16,17)106-63/h44-45,52,55-57,61-62,84H,20-43H2,1-19H3,(H2,78,94)(H,83,101)(H,85,99)(H,86,95)(H,87,97)(H,88,100)(H,89,96)(H,90,98)(H3,79,81,91)(H3,80,82,92)/t52-,55+,56-,57-,61-,62-/m0/s1. The lowest BCUT2D eigenvalue weighted by molar-refractivity contribution is -0.135. The molecule has 33 heteroatoms. The molecule has 6 atom stereocenters. The van der Waals surface area contributed by atoms with Crippen molar-refractivity contribution in [2.75, 3.05) is 32.7 Å². The molecular weight excluding hydrogens is 1460 g/mol. The second-order valence-corrected chi connectivity index (χ2v) is 35.3. The summed E-state index contributed by atoms with van der Waals surface area (Å²) in [5.41, 5.74) is 21.0. The van der Waals surface area contributed by atoms with Crippen LogP contribution in [-0.4, -0.2) is 168 Å². The summed E-state index contributed by atoms with van der Waals surface area (Å²) in [7, 11) is -8.59. The Balaban J connectivity index is 1.66. The Labute approximate surface area is 652 Å². The quantitative estimate of drug-likeness (QED) is 0.0208. The van der Waals surface area contributed by atoms with Gasteiger partial charge in [0.1, 0.15) is 52.5 Å². The molecule has 110 heavy (non-hydrogen) atoms. The summed E-state index contributed by atoms with van der Waals surface area (Å²) in [5, 5.41) is 21.8. The van der Waals surface area contributed by atoms with Gasteiger partial charge in [0.25, 0.3) is 20.0 Å². The van der Waals surface area contributed by atoms with Crippen molar-refractivity contribution < 1.29 is 74.2 Å². The summed E-state index contributed by atoms with van der Waals surface area (Å²) in [6, 6.07) is -7.62. The smallest absolute Gasteiger partial charge is 0.407 e. The predicted octanol–water partition coefficient (Wildman–Crippen LogP) is 5.91. The molecule has 8 amide bonds. The zero-order valence-electron chi connectivity index (χ0n) is 68.6. The third-order valence-electron chi connectivity index (χ3n) is 19.7. The average molecular weight is 1590 g/mol. The van der Waals surface area contributed by atoms with E-state index in [1.165, 1.54) is 6.92 Å². The molecule has 4 rings (SSSR count). The Morgan fingerprint density at radius 3 is 1.43 bits per heavy atom. The van der Waals surface area contributed by atoms with E-state index in [1.807, 2.05) is 34.6 Å². The molecule has 0 spiro atoms. The number of amides is 8. The minimum Gasteiger partial charge on any atom is -0.487 e. The van der Waals surface area contributed by atoms with Gasteiger partial charge in [-0.3, -0.25) is 53.7 Å². The normalized spacial score (nSPS) is 15.9. The summed E-state index contributed by atoms with van der Waals surface area (Å²) in [5.74, 6) is -6.32. The Morgan fingerprint density at radius 1 is 0.509 bits per heavy atom. The van der Waals surface area contributed by atoms with Gasteiger partial charge in [0.15, 0.2) is 5.78 Å². The van der Waals surface area contributed by atoms with E-state index in [0.717, 1.165) is 49.7 Å². The molecule has 2 aromatic carbocycles. The van der Waals surface area contributed by atoms with Crippen LogP contribution in [0.5, 0.6) is 11.5 Å². The van der Waals surface area contributed by atoms with Crippen molar-refractivity contribution in [1.82, 2.24) is 52.0 Å². The number of rotatable bonds is 43. The molecule has 2 heterocycles. The van der Waals surface area contributed by atoms with Crippen LogP contribution < -0.4 is 78.7 Å². The average Bonchev–Trinajstić information content (AvgIpc) is 0.751. The zero-order chi connectivity index (χ0) is 83.0. The first-order chi connectivity index (χ1) is 51.1. The molecule has 16 N–H and O–H groups in total. The van der Waals surface area contributed by atoms with Crippen LogP contribution in [0.4, 0.5) is 4.79 Å². The van der Waals surface area contributed by atoms with E-state index in [4.69, 9.17) is 31.4 Å². The van der Waals surface area contributed by atoms with Crippen molar-refractivity contribution in [2.24, 2.45) is 39.0 Å². The van der Waals surface area contributed by atoms with Gasteiger partial charge in [-0.25, -0.2) is 31.1 Å². The number of carbonyl (C=O) groups is 9. The molecule has 2 aromatic rings. The van der Waals surface area contributed by atoms with Crippen molar-refractivity contribution in [1.29, 1.82) is 0 Å². The summed E-state index contributed by atoms with van der Waals surface area (Å²) >= 11 is 0. The fourth-order valence-corrected chi connectivity index (χ4v) is 16.2. The van der Waals surface area contributed by atoms with Gasteiger partial charge in [-0.15, -0.1) is 0 Å². The van der Waals surface area contributed by atoms with Gasteiger partial charge in [0, 0.05) is 26.1 Å². The van der Waals surface area contributed by atoms with Crippen molar-refractivity contribution in [3.05, 3.63) is 44.5 Å². The number of nitrogens with two attached hydrogens (primary N) is 3. The van der Waals surface area contributed by atoms with Gasteiger partial charge in [0.2, 0.25) is 53.3 Å². The molecule has 0 saturated carbocycles. The number of unbranched alkanes of at least 4 members (excludes halogenated alkanes) is 7. The van der Waals surface area contributed by atoms with Crippen LogP contribution in [0.3, 0.4) is 0 Å². The largest absolute Gasteiger partial charge is 0.487 e. The molecule has 0 bridgehead atoms. The van der Waals surface area contributed by atoms with E-state index in [-0.39, 0.29) is 80.8 Å². The van der Waals surface area contributed by atoms with Gasteiger partial charge >= 0.3 is 6.09 Å². The molecule has 0 aliphatic carbocycles. The Morgan fingerprint density at radius 2 is 0.945 bits per heavy atom. The molecule has 0 aromatic heterocycles. The number of hydrogen-bond acceptors (Lipinski definition) is 19. The van der Waals surface area contributed by atoms with Gasteiger partial charge in [-0.1, -0.05) is 73.1 Å². The number of sulfonamides is 2. The lowest BCUT2D eigenvalue weighted by Crippen LogP contribution is -2.59. The number of nitrogens with one attached hydrogen (secondary N) is 10. The van der Waals surface area contributed by atoms with E-state index < -0.39 is 163 Å². The van der Waals surface area contributed by atoms with Crippen molar-refractivity contribution in [2.45, 2.75) is 316 Å². The molecule has 0 saturated heterocycles. The Bertz CT molecular complexity index is 3890. The SMILES string of the molecule is CCCCCCCCCC(=O)N[C@@H](CCCN=C(N)NS(=O)(=O)c1c(C)c(C)c2c(c1C)CCC(C)(C)O2)C(=O)N[C@H](C(=O)N[C@@H](CCCCNC(=O)OC(C)(C)C)C(=O)N[C@H](CCCN=C(N)NS(=O)(=O)c1c(C)c(C)c2c(c1C)CCC(C)(C)O2)C(=O)CN[C@@H](C)C(=O)N[C@H](C(=O)NCC(N)=O)C(C)C)C(C)C. The number of ether oxygens (including phenoxy) is 3. The number of hydrogen-bond donors (Lipinski definition) is 13. The summed E-state index contributed by atoms with van der Waals surface area (Å²) in [6.07, 6.45) is 8.79. The minimum atomic E-state index is -4.32. The highest BCUT2D eigenvalue weighted by molar-refractivity contribution is 7.90. The number of carbonyl (C=O) groups excluding carboxylic acids is 9. The fraction of sp³-hybridized carbons (Fsp3) is 0.701. The topological polar surface area (TPSA) is 473 Å². The van der Waals surface area contributed by atoms with E-state index in [1.54, 1.807) is 83.1 Å². The third-order valence-corrected chi connectivity index (χ3v) is 23.0. The molecule has 620 valence electrons. The highest BCUT2D eigenvalue weighted by atomic mass is 32.2. The van der Waals surface area contributed by atoms with Crippen molar-refractivity contribution in [3.8, 4) is 11.5 Å². The minimum absolute atomic E-state index is 0.00303. The van der Waals surface area contributed by atoms with Crippen molar-refractivity contribution in [3.63, 3.8) is 0 Å². The molecule has 0 radical (unpaired) electrons. The van der Waals surface area contributed by atoms with Crippen LogP contribution in [0, 0.1) is 53.4 Å². The number of fused-ring (bicyclic) bond motifs is 2. The van der Waals surface area contributed by atoms with E-state index in [2.05, 4.69) is 68.9 Å². The second-order valence-electron chi connectivity index (χ2n) is 32.0. The summed E-state index contributed by atoms with van der Waals surface area (Å²) < 4.78 is 79.3.